The Balaban J connectivity index is 2.33. The largest absolute Gasteiger partial charge is 0.502 e. The predicted molar refractivity (Wildman–Crippen MR) is 63.2 cm³/mol. The molecule has 3 heteroatoms. The van der Waals surface area contributed by atoms with Gasteiger partial charge >= 0.3 is 5.97 Å². The van der Waals surface area contributed by atoms with E-state index >= 15 is 0 Å². The SMILES string of the molecule is C=COCCCCC1(C(=O)O)CCCCC1. The van der Waals surface area contributed by atoms with Crippen molar-refractivity contribution < 1.29 is 14.6 Å². The number of unbranched alkanes of at least 4 members (excludes halogenated alkanes) is 1. The van der Waals surface area contributed by atoms with Crippen LogP contribution in [0.4, 0.5) is 0 Å². The normalized spacial score (nSPS) is 19.0. The lowest BCUT2D eigenvalue weighted by molar-refractivity contribution is -0.151. The van der Waals surface area contributed by atoms with E-state index in [9.17, 15) is 9.90 Å². The first-order valence-corrected chi connectivity index (χ1v) is 6.17. The Morgan fingerprint density at radius 2 is 2.00 bits per heavy atom. The van der Waals surface area contributed by atoms with E-state index < -0.39 is 11.4 Å². The van der Waals surface area contributed by atoms with E-state index in [1.807, 2.05) is 0 Å². The average molecular weight is 226 g/mol. The topological polar surface area (TPSA) is 46.5 Å². The predicted octanol–water partition coefficient (Wildman–Crippen LogP) is 3.35. The maximum Gasteiger partial charge on any atom is 0.309 e. The standard InChI is InChI=1S/C13H22O3/c1-2-16-11-7-6-10-13(12(14)15)8-4-3-5-9-13/h2H,1,3-11H2,(H,14,15). The molecule has 0 saturated heterocycles. The summed E-state index contributed by atoms with van der Waals surface area (Å²) < 4.78 is 5.03. The van der Waals surface area contributed by atoms with E-state index in [-0.39, 0.29) is 0 Å². The number of rotatable bonds is 7. The Bertz CT molecular complexity index is 229. The van der Waals surface area contributed by atoms with Crippen molar-refractivity contribution in [3.63, 3.8) is 0 Å². The summed E-state index contributed by atoms with van der Waals surface area (Å²) in [5.74, 6) is -0.600. The van der Waals surface area contributed by atoms with Gasteiger partial charge in [-0.1, -0.05) is 25.8 Å². The van der Waals surface area contributed by atoms with Crippen molar-refractivity contribution in [2.24, 2.45) is 5.41 Å². The zero-order valence-corrected chi connectivity index (χ0v) is 9.91. The highest BCUT2D eigenvalue weighted by Gasteiger charge is 2.38. The molecule has 1 rings (SSSR count). The van der Waals surface area contributed by atoms with Gasteiger partial charge in [0.05, 0.1) is 18.3 Å². The molecule has 0 radical (unpaired) electrons. The van der Waals surface area contributed by atoms with Crippen molar-refractivity contribution in [1.82, 2.24) is 0 Å². The van der Waals surface area contributed by atoms with Gasteiger partial charge in [0.2, 0.25) is 0 Å². The summed E-state index contributed by atoms with van der Waals surface area (Å²) in [6.07, 6.45) is 9.10. The summed E-state index contributed by atoms with van der Waals surface area (Å²) in [4.78, 5) is 11.3. The molecule has 0 aliphatic heterocycles. The highest BCUT2D eigenvalue weighted by molar-refractivity contribution is 5.74. The fraction of sp³-hybridized carbons (Fsp3) is 0.769. The second-order valence-electron chi connectivity index (χ2n) is 4.64. The molecular weight excluding hydrogens is 204 g/mol. The molecule has 0 atom stereocenters. The van der Waals surface area contributed by atoms with Crippen molar-refractivity contribution in [3.8, 4) is 0 Å². The van der Waals surface area contributed by atoms with Crippen LogP contribution in [0.1, 0.15) is 51.4 Å². The van der Waals surface area contributed by atoms with Crippen molar-refractivity contribution in [2.75, 3.05) is 6.61 Å². The van der Waals surface area contributed by atoms with Crippen molar-refractivity contribution >= 4 is 5.97 Å². The molecule has 0 spiro atoms. The molecule has 1 saturated carbocycles. The average Bonchev–Trinajstić information content (AvgIpc) is 2.30. The number of hydrogen-bond acceptors (Lipinski definition) is 2. The Morgan fingerprint density at radius 3 is 2.56 bits per heavy atom. The molecule has 0 aromatic heterocycles. The second-order valence-corrected chi connectivity index (χ2v) is 4.64. The molecule has 0 aromatic rings. The van der Waals surface area contributed by atoms with Gasteiger partial charge in [0, 0.05) is 0 Å². The molecule has 0 aromatic carbocycles. The minimum Gasteiger partial charge on any atom is -0.502 e. The van der Waals surface area contributed by atoms with Gasteiger partial charge < -0.3 is 9.84 Å². The summed E-state index contributed by atoms with van der Waals surface area (Å²) in [5, 5.41) is 9.34. The molecular formula is C13H22O3. The molecule has 1 fully saturated rings. The zero-order valence-electron chi connectivity index (χ0n) is 9.91. The lowest BCUT2D eigenvalue weighted by Crippen LogP contribution is -2.33. The van der Waals surface area contributed by atoms with Crippen LogP contribution in [0.15, 0.2) is 12.8 Å². The molecule has 92 valence electrons. The van der Waals surface area contributed by atoms with Crippen LogP contribution in [0.2, 0.25) is 0 Å². The summed E-state index contributed by atoms with van der Waals surface area (Å²) in [6.45, 7) is 4.13. The molecule has 0 heterocycles. The Hall–Kier alpha value is -0.990. The first kappa shape index (κ1) is 13.1. The van der Waals surface area contributed by atoms with Crippen LogP contribution in [-0.4, -0.2) is 17.7 Å². The molecule has 3 nitrogen and oxygen atoms in total. The number of hydrogen-bond donors (Lipinski definition) is 1. The van der Waals surface area contributed by atoms with Gasteiger partial charge in [0.1, 0.15) is 0 Å². The molecule has 1 aliphatic rings. The number of aliphatic carboxylic acids is 1. The molecule has 16 heavy (non-hydrogen) atoms. The van der Waals surface area contributed by atoms with Gasteiger partial charge in [0.15, 0.2) is 0 Å². The first-order chi connectivity index (χ1) is 7.71. The third-order valence-electron chi connectivity index (χ3n) is 3.55. The maximum absolute atomic E-state index is 11.3. The summed E-state index contributed by atoms with van der Waals surface area (Å²) >= 11 is 0. The van der Waals surface area contributed by atoms with Crippen LogP contribution >= 0.6 is 0 Å². The highest BCUT2D eigenvalue weighted by atomic mass is 16.5. The van der Waals surface area contributed by atoms with E-state index in [4.69, 9.17) is 4.74 Å². The summed E-state index contributed by atoms with van der Waals surface area (Å²) in [7, 11) is 0. The number of carboxylic acid groups (broad SMARTS) is 1. The van der Waals surface area contributed by atoms with Gasteiger partial charge in [-0.25, -0.2) is 0 Å². The fourth-order valence-corrected chi connectivity index (χ4v) is 2.53. The van der Waals surface area contributed by atoms with Crippen molar-refractivity contribution in [2.45, 2.75) is 51.4 Å². The minimum absolute atomic E-state index is 0.438. The van der Waals surface area contributed by atoms with E-state index in [1.54, 1.807) is 0 Å². The van der Waals surface area contributed by atoms with E-state index in [0.29, 0.717) is 6.61 Å². The molecule has 0 bridgehead atoms. The zero-order chi connectivity index (χ0) is 11.9. The third kappa shape index (κ3) is 3.54. The number of ether oxygens (including phenoxy) is 1. The fourth-order valence-electron chi connectivity index (χ4n) is 2.53. The molecule has 0 unspecified atom stereocenters. The van der Waals surface area contributed by atoms with Gasteiger partial charge in [-0.3, -0.25) is 4.79 Å². The highest BCUT2D eigenvalue weighted by Crippen LogP contribution is 2.40. The van der Waals surface area contributed by atoms with Crippen LogP contribution < -0.4 is 0 Å². The van der Waals surface area contributed by atoms with Crippen molar-refractivity contribution in [1.29, 1.82) is 0 Å². The monoisotopic (exact) mass is 226 g/mol. The maximum atomic E-state index is 11.3. The van der Waals surface area contributed by atoms with Gasteiger partial charge in [0.25, 0.3) is 0 Å². The smallest absolute Gasteiger partial charge is 0.309 e. The second kappa shape index (κ2) is 6.56. The van der Waals surface area contributed by atoms with Gasteiger partial charge in [-0.15, -0.1) is 0 Å². The minimum atomic E-state index is -0.600. The Labute approximate surface area is 97.5 Å². The molecule has 1 aliphatic carbocycles. The number of carbonyl (C=O) groups is 1. The quantitative estimate of drug-likeness (QED) is 0.535. The van der Waals surface area contributed by atoms with Crippen LogP contribution in [0.5, 0.6) is 0 Å². The Morgan fingerprint density at radius 1 is 1.31 bits per heavy atom. The lowest BCUT2D eigenvalue weighted by Gasteiger charge is -2.33. The van der Waals surface area contributed by atoms with Crippen LogP contribution in [0, 0.1) is 5.41 Å². The van der Waals surface area contributed by atoms with E-state index in [1.165, 1.54) is 12.7 Å². The van der Waals surface area contributed by atoms with Crippen LogP contribution in [0.25, 0.3) is 0 Å². The summed E-state index contributed by atoms with van der Waals surface area (Å²) in [5.41, 5.74) is -0.438. The van der Waals surface area contributed by atoms with Gasteiger partial charge in [-0.05, 0) is 32.1 Å². The third-order valence-corrected chi connectivity index (χ3v) is 3.55. The number of carboxylic acids is 1. The first-order valence-electron chi connectivity index (χ1n) is 6.17. The molecule has 1 N–H and O–H groups in total. The molecule has 0 amide bonds. The van der Waals surface area contributed by atoms with Crippen molar-refractivity contribution in [3.05, 3.63) is 12.8 Å². The summed E-state index contributed by atoms with van der Waals surface area (Å²) in [6, 6.07) is 0. The van der Waals surface area contributed by atoms with E-state index in [2.05, 4.69) is 6.58 Å². The van der Waals surface area contributed by atoms with Crippen LogP contribution in [-0.2, 0) is 9.53 Å². The van der Waals surface area contributed by atoms with Gasteiger partial charge in [-0.2, -0.15) is 0 Å². The van der Waals surface area contributed by atoms with E-state index in [0.717, 1.165) is 44.9 Å². The lowest BCUT2D eigenvalue weighted by atomic mass is 9.71. The van der Waals surface area contributed by atoms with Crippen LogP contribution in [0.3, 0.4) is 0 Å². The Kier molecular flexibility index (Phi) is 5.36.